The van der Waals surface area contributed by atoms with Crippen LogP contribution in [0.1, 0.15) is 15.9 Å². The van der Waals surface area contributed by atoms with E-state index in [0.29, 0.717) is 5.75 Å². The second-order valence-electron chi connectivity index (χ2n) is 4.19. The molecule has 0 unspecified atom stereocenters. The number of aromatic carboxylic acids is 1. The van der Waals surface area contributed by atoms with Crippen LogP contribution in [-0.4, -0.2) is 25.7 Å². The number of fused-ring (bicyclic) bond motifs is 1. The molecule has 1 N–H and O–H groups in total. The van der Waals surface area contributed by atoms with Crippen LogP contribution < -0.4 is 4.74 Å². The van der Waals surface area contributed by atoms with Gasteiger partial charge < -0.3 is 9.84 Å². The van der Waals surface area contributed by atoms with Gasteiger partial charge >= 0.3 is 5.97 Å². The van der Waals surface area contributed by atoms with E-state index in [1.165, 1.54) is 12.4 Å². The van der Waals surface area contributed by atoms with Crippen LogP contribution in [0.3, 0.4) is 0 Å². The van der Waals surface area contributed by atoms with Crippen molar-refractivity contribution in [2.45, 2.75) is 6.61 Å². The zero-order valence-corrected chi connectivity index (χ0v) is 10.4. The number of para-hydroxylation sites is 1. The summed E-state index contributed by atoms with van der Waals surface area (Å²) in [6.07, 6.45) is 3.25. The molecule has 0 aliphatic carbocycles. The molecule has 3 rings (SSSR count). The molecule has 0 fully saturated rings. The third kappa shape index (κ3) is 2.31. The molecule has 0 radical (unpaired) electrons. The van der Waals surface area contributed by atoms with Crippen molar-refractivity contribution in [2.24, 2.45) is 0 Å². The Morgan fingerprint density at radius 3 is 3.00 bits per heavy atom. The van der Waals surface area contributed by atoms with Gasteiger partial charge in [-0.05, 0) is 29.8 Å². The minimum atomic E-state index is -1.01. The molecule has 6 heteroatoms. The monoisotopic (exact) mass is 269 g/mol. The highest BCUT2D eigenvalue weighted by molar-refractivity contribution is 5.90. The van der Waals surface area contributed by atoms with E-state index in [0.717, 1.165) is 11.2 Å². The second-order valence-corrected chi connectivity index (χ2v) is 4.19. The third-order valence-electron chi connectivity index (χ3n) is 2.86. The normalized spacial score (nSPS) is 10.6. The molecule has 6 nitrogen and oxygen atoms in total. The SMILES string of the molecule is O=C(O)c1ccccc1OCc1ccn2ncnc2c1. The van der Waals surface area contributed by atoms with Crippen molar-refractivity contribution < 1.29 is 14.6 Å². The third-order valence-corrected chi connectivity index (χ3v) is 2.86. The summed E-state index contributed by atoms with van der Waals surface area (Å²) in [5, 5.41) is 13.1. The van der Waals surface area contributed by atoms with E-state index >= 15 is 0 Å². The maximum absolute atomic E-state index is 11.1. The molecule has 0 aliphatic heterocycles. The molecular weight excluding hydrogens is 258 g/mol. The standard InChI is InChI=1S/C14H11N3O3/c18-14(19)11-3-1-2-4-12(11)20-8-10-5-6-17-13(7-10)15-9-16-17/h1-7,9H,8H2,(H,18,19). The second kappa shape index (κ2) is 5.00. The van der Waals surface area contributed by atoms with E-state index in [2.05, 4.69) is 10.1 Å². The van der Waals surface area contributed by atoms with Gasteiger partial charge in [0.25, 0.3) is 0 Å². The van der Waals surface area contributed by atoms with Gasteiger partial charge in [-0.15, -0.1) is 0 Å². The summed E-state index contributed by atoms with van der Waals surface area (Å²) in [4.78, 5) is 15.2. The van der Waals surface area contributed by atoms with Gasteiger partial charge in [-0.1, -0.05) is 12.1 Å². The lowest BCUT2D eigenvalue weighted by atomic mass is 10.2. The largest absolute Gasteiger partial charge is 0.488 e. The average molecular weight is 269 g/mol. The summed E-state index contributed by atoms with van der Waals surface area (Å²) in [7, 11) is 0. The summed E-state index contributed by atoms with van der Waals surface area (Å²) in [5.41, 5.74) is 1.76. The van der Waals surface area contributed by atoms with E-state index < -0.39 is 5.97 Å². The van der Waals surface area contributed by atoms with Gasteiger partial charge in [0.05, 0.1) is 0 Å². The fourth-order valence-corrected chi connectivity index (χ4v) is 1.88. The Morgan fingerprint density at radius 1 is 1.30 bits per heavy atom. The van der Waals surface area contributed by atoms with Crippen LogP contribution in [0.25, 0.3) is 5.65 Å². The van der Waals surface area contributed by atoms with Gasteiger partial charge in [0, 0.05) is 6.20 Å². The highest BCUT2D eigenvalue weighted by atomic mass is 16.5. The predicted molar refractivity (Wildman–Crippen MR) is 70.7 cm³/mol. The van der Waals surface area contributed by atoms with Gasteiger partial charge in [0.2, 0.25) is 0 Å². The molecule has 2 aromatic heterocycles. The van der Waals surface area contributed by atoms with Crippen LogP contribution >= 0.6 is 0 Å². The molecule has 3 aromatic rings. The molecular formula is C14H11N3O3. The topological polar surface area (TPSA) is 76.7 Å². The molecule has 2 heterocycles. The lowest BCUT2D eigenvalue weighted by Crippen LogP contribution is -2.03. The van der Waals surface area contributed by atoms with Crippen LogP contribution in [0.5, 0.6) is 5.75 Å². The van der Waals surface area contributed by atoms with E-state index in [-0.39, 0.29) is 12.2 Å². The number of pyridine rings is 1. The smallest absolute Gasteiger partial charge is 0.339 e. The van der Waals surface area contributed by atoms with Crippen molar-refractivity contribution in [3.63, 3.8) is 0 Å². The molecule has 0 aliphatic rings. The van der Waals surface area contributed by atoms with Crippen LogP contribution in [-0.2, 0) is 6.61 Å². The zero-order valence-electron chi connectivity index (χ0n) is 10.4. The molecule has 0 bridgehead atoms. The van der Waals surface area contributed by atoms with E-state index in [1.54, 1.807) is 28.9 Å². The number of carboxylic acids is 1. The van der Waals surface area contributed by atoms with Gasteiger partial charge in [0.1, 0.15) is 24.2 Å². The molecule has 100 valence electrons. The van der Waals surface area contributed by atoms with Crippen LogP contribution in [0.15, 0.2) is 48.9 Å². The first kappa shape index (κ1) is 12.2. The van der Waals surface area contributed by atoms with Crippen molar-refractivity contribution in [3.05, 3.63) is 60.0 Å². The van der Waals surface area contributed by atoms with E-state index in [1.807, 2.05) is 12.1 Å². The van der Waals surface area contributed by atoms with Crippen LogP contribution in [0, 0.1) is 0 Å². The predicted octanol–water partition coefficient (Wildman–Crippen LogP) is 2.01. The first-order chi connectivity index (χ1) is 9.74. The van der Waals surface area contributed by atoms with E-state index in [4.69, 9.17) is 9.84 Å². The molecule has 0 saturated carbocycles. The molecule has 0 saturated heterocycles. The average Bonchev–Trinajstić information content (AvgIpc) is 2.92. The maximum Gasteiger partial charge on any atom is 0.339 e. The summed E-state index contributed by atoms with van der Waals surface area (Å²) in [6, 6.07) is 10.3. The lowest BCUT2D eigenvalue weighted by Gasteiger charge is -2.08. The molecule has 0 atom stereocenters. The number of nitrogens with zero attached hydrogens (tertiary/aromatic N) is 3. The fourth-order valence-electron chi connectivity index (χ4n) is 1.88. The quantitative estimate of drug-likeness (QED) is 0.784. The number of hydrogen-bond acceptors (Lipinski definition) is 4. The Morgan fingerprint density at radius 2 is 2.15 bits per heavy atom. The highest BCUT2D eigenvalue weighted by Gasteiger charge is 2.10. The lowest BCUT2D eigenvalue weighted by molar-refractivity contribution is 0.0692. The Bertz CT molecular complexity index is 767. The van der Waals surface area contributed by atoms with Crippen molar-refractivity contribution in [2.75, 3.05) is 0 Å². The first-order valence-electron chi connectivity index (χ1n) is 5.97. The number of carbonyl (C=O) groups is 1. The number of ether oxygens (including phenoxy) is 1. The Labute approximate surface area is 114 Å². The molecule has 0 spiro atoms. The summed E-state index contributed by atoms with van der Waals surface area (Å²) in [5.74, 6) is -0.658. The van der Waals surface area contributed by atoms with Crippen molar-refractivity contribution in [1.29, 1.82) is 0 Å². The van der Waals surface area contributed by atoms with Gasteiger partial charge in [-0.25, -0.2) is 14.3 Å². The summed E-state index contributed by atoms with van der Waals surface area (Å²) < 4.78 is 7.22. The van der Waals surface area contributed by atoms with Gasteiger partial charge in [-0.3, -0.25) is 0 Å². The number of rotatable bonds is 4. The Balaban J connectivity index is 1.80. The van der Waals surface area contributed by atoms with Gasteiger partial charge in [0.15, 0.2) is 5.65 Å². The Kier molecular flexibility index (Phi) is 3.04. The van der Waals surface area contributed by atoms with E-state index in [9.17, 15) is 4.79 Å². The first-order valence-corrected chi connectivity index (χ1v) is 5.97. The van der Waals surface area contributed by atoms with Crippen molar-refractivity contribution in [1.82, 2.24) is 14.6 Å². The minimum absolute atomic E-state index is 0.149. The molecule has 0 amide bonds. The summed E-state index contributed by atoms with van der Waals surface area (Å²) >= 11 is 0. The number of carboxylic acid groups (broad SMARTS) is 1. The van der Waals surface area contributed by atoms with Crippen LogP contribution in [0.2, 0.25) is 0 Å². The molecule has 20 heavy (non-hydrogen) atoms. The van der Waals surface area contributed by atoms with Crippen molar-refractivity contribution >= 4 is 11.6 Å². The number of aromatic nitrogens is 3. The number of benzene rings is 1. The maximum atomic E-state index is 11.1. The summed E-state index contributed by atoms with van der Waals surface area (Å²) in [6.45, 7) is 0.271. The number of hydrogen-bond donors (Lipinski definition) is 1. The zero-order chi connectivity index (χ0) is 13.9. The van der Waals surface area contributed by atoms with Crippen LogP contribution in [0.4, 0.5) is 0 Å². The fraction of sp³-hybridized carbons (Fsp3) is 0.0714. The highest BCUT2D eigenvalue weighted by Crippen LogP contribution is 2.19. The molecule has 1 aromatic carbocycles. The van der Waals surface area contributed by atoms with Gasteiger partial charge in [-0.2, -0.15) is 5.10 Å². The Hall–Kier alpha value is -2.89. The van der Waals surface area contributed by atoms with Crippen molar-refractivity contribution in [3.8, 4) is 5.75 Å². The minimum Gasteiger partial charge on any atom is -0.488 e.